The summed E-state index contributed by atoms with van der Waals surface area (Å²) in [6.45, 7) is 0. The Morgan fingerprint density at radius 2 is 2.22 bits per heavy atom. The van der Waals surface area contributed by atoms with E-state index in [9.17, 15) is 4.79 Å². The molecule has 120 valence electrons. The van der Waals surface area contributed by atoms with Gasteiger partial charge in [0.05, 0.1) is 18.5 Å². The number of hydrogen-bond donors (Lipinski definition) is 1. The summed E-state index contributed by atoms with van der Waals surface area (Å²) in [4.78, 5) is 16.7. The van der Waals surface area contributed by atoms with Gasteiger partial charge in [-0.05, 0) is 42.9 Å². The second-order valence-electron chi connectivity index (χ2n) is 6.48. The number of amides is 1. The topological polar surface area (TPSA) is 56.1 Å². The normalized spacial score (nSPS) is 28.9. The molecule has 1 amide bonds. The van der Waals surface area contributed by atoms with Gasteiger partial charge in [-0.25, -0.2) is 4.98 Å². The zero-order valence-electron chi connectivity index (χ0n) is 13.2. The van der Waals surface area contributed by atoms with Crippen LogP contribution in [0.25, 0.3) is 5.69 Å². The van der Waals surface area contributed by atoms with E-state index in [-0.39, 0.29) is 18.1 Å². The standard InChI is InChI=1S/C18H21N3O2/c1-23-17-15-7-3-6-14(15)16(17)20-18(22)12-4-2-5-13(10-12)21-9-8-19-11-21/h2,4-5,8-11,14-17H,3,6-7H2,1H3,(H,20,22). The van der Waals surface area contributed by atoms with Crippen LogP contribution in [0.15, 0.2) is 43.0 Å². The maximum Gasteiger partial charge on any atom is 0.251 e. The third-order valence-electron chi connectivity index (χ3n) is 5.34. The number of benzene rings is 1. The third-order valence-corrected chi connectivity index (χ3v) is 5.34. The van der Waals surface area contributed by atoms with Gasteiger partial charge in [-0.15, -0.1) is 0 Å². The van der Waals surface area contributed by atoms with Gasteiger partial charge in [0, 0.05) is 30.8 Å². The SMILES string of the molecule is COC1C2CCCC2C1NC(=O)c1cccc(-n2ccnc2)c1. The van der Waals surface area contributed by atoms with E-state index in [4.69, 9.17) is 4.74 Å². The van der Waals surface area contributed by atoms with Gasteiger partial charge in [0.15, 0.2) is 0 Å². The van der Waals surface area contributed by atoms with Crippen LogP contribution in [0.1, 0.15) is 29.6 Å². The molecule has 0 bridgehead atoms. The van der Waals surface area contributed by atoms with Crippen LogP contribution in [0.3, 0.4) is 0 Å². The fourth-order valence-electron chi connectivity index (χ4n) is 4.20. The Morgan fingerprint density at radius 1 is 1.35 bits per heavy atom. The number of aromatic nitrogens is 2. The van der Waals surface area contributed by atoms with Crippen LogP contribution in [-0.4, -0.2) is 34.7 Å². The number of fused-ring (bicyclic) bond motifs is 1. The summed E-state index contributed by atoms with van der Waals surface area (Å²) in [5, 5.41) is 3.19. The Labute approximate surface area is 135 Å². The molecule has 0 saturated heterocycles. The lowest BCUT2D eigenvalue weighted by Crippen LogP contribution is -2.62. The molecule has 1 aromatic heterocycles. The van der Waals surface area contributed by atoms with Gasteiger partial charge in [0.1, 0.15) is 0 Å². The monoisotopic (exact) mass is 311 g/mol. The molecule has 4 atom stereocenters. The molecule has 1 N–H and O–H groups in total. The first-order valence-corrected chi connectivity index (χ1v) is 8.20. The van der Waals surface area contributed by atoms with E-state index >= 15 is 0 Å². The molecular formula is C18H21N3O2. The molecule has 1 heterocycles. The number of carbonyl (C=O) groups is 1. The van der Waals surface area contributed by atoms with Crippen molar-refractivity contribution in [1.29, 1.82) is 0 Å². The predicted octanol–water partition coefficient (Wildman–Crippen LogP) is 2.42. The zero-order chi connectivity index (χ0) is 15.8. The second-order valence-corrected chi connectivity index (χ2v) is 6.48. The lowest BCUT2D eigenvalue weighted by Gasteiger charge is -2.48. The summed E-state index contributed by atoms with van der Waals surface area (Å²) in [6, 6.07) is 7.76. The molecular weight excluding hydrogens is 290 g/mol. The molecule has 5 nitrogen and oxygen atoms in total. The number of nitrogens with one attached hydrogen (secondary N) is 1. The number of imidazole rings is 1. The van der Waals surface area contributed by atoms with E-state index in [1.54, 1.807) is 19.6 Å². The van der Waals surface area contributed by atoms with Gasteiger partial charge in [-0.1, -0.05) is 12.5 Å². The number of nitrogens with zero attached hydrogens (tertiary/aromatic N) is 2. The first-order valence-electron chi connectivity index (χ1n) is 8.20. The minimum Gasteiger partial charge on any atom is -0.379 e. The van der Waals surface area contributed by atoms with Crippen LogP contribution in [-0.2, 0) is 4.74 Å². The Hall–Kier alpha value is -2.14. The van der Waals surface area contributed by atoms with Crippen molar-refractivity contribution in [1.82, 2.24) is 14.9 Å². The van der Waals surface area contributed by atoms with Crippen molar-refractivity contribution in [3.63, 3.8) is 0 Å². The minimum absolute atomic E-state index is 0.0237. The van der Waals surface area contributed by atoms with E-state index in [2.05, 4.69) is 10.3 Å². The van der Waals surface area contributed by atoms with Crippen molar-refractivity contribution in [3.05, 3.63) is 48.5 Å². The average molecular weight is 311 g/mol. The van der Waals surface area contributed by atoms with Crippen LogP contribution in [0, 0.1) is 11.8 Å². The average Bonchev–Trinajstić information content (AvgIpc) is 3.23. The fraction of sp³-hybridized carbons (Fsp3) is 0.444. The highest BCUT2D eigenvalue weighted by molar-refractivity contribution is 5.95. The molecule has 2 aliphatic carbocycles. The summed E-state index contributed by atoms with van der Waals surface area (Å²) >= 11 is 0. The Balaban J connectivity index is 1.50. The summed E-state index contributed by atoms with van der Waals surface area (Å²) in [5.74, 6) is 1.19. The Kier molecular flexibility index (Phi) is 3.65. The van der Waals surface area contributed by atoms with Gasteiger partial charge in [-0.2, -0.15) is 0 Å². The maximum absolute atomic E-state index is 12.6. The van der Waals surface area contributed by atoms with Gasteiger partial charge < -0.3 is 14.6 Å². The second kappa shape index (κ2) is 5.81. The Morgan fingerprint density at radius 3 is 3.00 bits per heavy atom. The van der Waals surface area contributed by atoms with E-state index in [0.29, 0.717) is 17.4 Å². The third kappa shape index (κ3) is 2.45. The van der Waals surface area contributed by atoms with Crippen LogP contribution in [0.5, 0.6) is 0 Å². The molecule has 23 heavy (non-hydrogen) atoms. The molecule has 5 heteroatoms. The summed E-state index contributed by atoms with van der Waals surface area (Å²) in [5.41, 5.74) is 1.61. The highest BCUT2D eigenvalue weighted by Crippen LogP contribution is 2.48. The quantitative estimate of drug-likeness (QED) is 0.943. The molecule has 0 aliphatic heterocycles. The van der Waals surface area contributed by atoms with Gasteiger partial charge in [0.25, 0.3) is 5.91 Å². The van der Waals surface area contributed by atoms with Crippen LogP contribution >= 0.6 is 0 Å². The van der Waals surface area contributed by atoms with Crippen molar-refractivity contribution in [2.45, 2.75) is 31.4 Å². The van der Waals surface area contributed by atoms with Crippen molar-refractivity contribution in [2.24, 2.45) is 11.8 Å². The summed E-state index contributed by atoms with van der Waals surface area (Å²) < 4.78 is 7.50. The van der Waals surface area contributed by atoms with Crippen molar-refractivity contribution in [3.8, 4) is 5.69 Å². The largest absolute Gasteiger partial charge is 0.379 e. The number of carbonyl (C=O) groups excluding carboxylic acids is 1. The Bertz CT molecular complexity index is 698. The van der Waals surface area contributed by atoms with E-state index < -0.39 is 0 Å². The molecule has 2 fully saturated rings. The summed E-state index contributed by atoms with van der Waals surface area (Å²) in [7, 11) is 1.75. The highest BCUT2D eigenvalue weighted by Gasteiger charge is 2.53. The smallest absolute Gasteiger partial charge is 0.251 e. The molecule has 0 radical (unpaired) electrons. The van der Waals surface area contributed by atoms with Gasteiger partial charge in [-0.3, -0.25) is 4.79 Å². The molecule has 4 unspecified atom stereocenters. The molecule has 2 aliphatic rings. The van der Waals surface area contributed by atoms with Crippen LogP contribution in [0.2, 0.25) is 0 Å². The van der Waals surface area contributed by atoms with Crippen molar-refractivity contribution in [2.75, 3.05) is 7.11 Å². The molecule has 1 aromatic carbocycles. The number of hydrogen-bond acceptors (Lipinski definition) is 3. The van der Waals surface area contributed by atoms with Crippen LogP contribution in [0.4, 0.5) is 0 Å². The molecule has 4 rings (SSSR count). The number of methoxy groups -OCH3 is 1. The van der Waals surface area contributed by atoms with Crippen molar-refractivity contribution < 1.29 is 9.53 Å². The molecule has 2 aromatic rings. The molecule has 2 saturated carbocycles. The van der Waals surface area contributed by atoms with E-state index in [0.717, 1.165) is 5.69 Å². The maximum atomic E-state index is 12.6. The number of rotatable bonds is 4. The fourth-order valence-corrected chi connectivity index (χ4v) is 4.20. The highest BCUT2D eigenvalue weighted by atomic mass is 16.5. The number of ether oxygens (including phenoxy) is 1. The first kappa shape index (κ1) is 14.5. The first-order chi connectivity index (χ1) is 11.3. The minimum atomic E-state index is -0.0237. The van der Waals surface area contributed by atoms with Crippen molar-refractivity contribution >= 4 is 5.91 Å². The van der Waals surface area contributed by atoms with Crippen LogP contribution < -0.4 is 5.32 Å². The predicted molar refractivity (Wildman–Crippen MR) is 86.4 cm³/mol. The molecule has 0 spiro atoms. The van der Waals surface area contributed by atoms with E-state index in [1.807, 2.05) is 35.0 Å². The lowest BCUT2D eigenvalue weighted by molar-refractivity contribution is -0.0791. The summed E-state index contributed by atoms with van der Waals surface area (Å²) in [6.07, 6.45) is 9.17. The zero-order valence-corrected chi connectivity index (χ0v) is 13.2. The van der Waals surface area contributed by atoms with E-state index in [1.165, 1.54) is 19.3 Å². The van der Waals surface area contributed by atoms with Gasteiger partial charge >= 0.3 is 0 Å². The lowest BCUT2D eigenvalue weighted by atomic mass is 9.68. The van der Waals surface area contributed by atoms with Gasteiger partial charge in [0.2, 0.25) is 0 Å².